The Labute approximate surface area is 182 Å². The Kier molecular flexibility index (Phi) is 5.73. The molecule has 0 atom stereocenters. The highest BCUT2D eigenvalue weighted by Gasteiger charge is 2.25. The maximum Gasteiger partial charge on any atom is 0.254 e. The highest BCUT2D eigenvalue weighted by atomic mass is 35.5. The number of aryl methyl sites for hydroxylation is 2. The van der Waals surface area contributed by atoms with Gasteiger partial charge in [0.25, 0.3) is 5.91 Å². The van der Waals surface area contributed by atoms with E-state index >= 15 is 0 Å². The molecule has 1 fully saturated rings. The minimum absolute atomic E-state index is 0.102. The van der Waals surface area contributed by atoms with Crippen LogP contribution in [0.2, 0.25) is 5.02 Å². The molecule has 1 saturated heterocycles. The van der Waals surface area contributed by atoms with Gasteiger partial charge in [-0.05, 0) is 56.7 Å². The molecular formula is C24H25ClN4O. The van der Waals surface area contributed by atoms with Crippen LogP contribution in [0.1, 0.15) is 27.2 Å². The van der Waals surface area contributed by atoms with Crippen molar-refractivity contribution in [2.75, 3.05) is 31.1 Å². The number of benzene rings is 2. The molecule has 6 heteroatoms. The van der Waals surface area contributed by atoms with Crippen LogP contribution in [-0.2, 0) is 0 Å². The van der Waals surface area contributed by atoms with Crippen molar-refractivity contribution in [2.24, 2.45) is 0 Å². The van der Waals surface area contributed by atoms with Gasteiger partial charge in [-0.1, -0.05) is 29.8 Å². The zero-order valence-corrected chi connectivity index (χ0v) is 18.3. The van der Waals surface area contributed by atoms with Crippen LogP contribution in [0.4, 0.5) is 5.82 Å². The Morgan fingerprint density at radius 3 is 2.23 bits per heavy atom. The zero-order valence-electron chi connectivity index (χ0n) is 17.5. The van der Waals surface area contributed by atoms with Gasteiger partial charge in [-0.2, -0.15) is 0 Å². The quantitative estimate of drug-likeness (QED) is 0.617. The molecule has 1 aromatic heterocycles. The summed E-state index contributed by atoms with van der Waals surface area (Å²) in [4.78, 5) is 26.7. The molecule has 2 heterocycles. The third-order valence-corrected chi connectivity index (χ3v) is 5.96. The number of aromatic nitrogens is 2. The van der Waals surface area contributed by atoms with Gasteiger partial charge in [0.15, 0.2) is 5.82 Å². The van der Waals surface area contributed by atoms with Crippen molar-refractivity contribution in [3.63, 3.8) is 0 Å². The van der Waals surface area contributed by atoms with E-state index < -0.39 is 0 Å². The van der Waals surface area contributed by atoms with Crippen molar-refractivity contribution in [3.05, 3.63) is 75.9 Å². The largest absolute Gasteiger partial charge is 0.353 e. The lowest BCUT2D eigenvalue weighted by molar-refractivity contribution is 0.0745. The molecule has 1 aliphatic heterocycles. The van der Waals surface area contributed by atoms with Crippen LogP contribution in [-0.4, -0.2) is 47.0 Å². The summed E-state index contributed by atoms with van der Waals surface area (Å²) in [5.74, 6) is 1.74. The Balaban J connectivity index is 1.54. The number of nitrogens with zero attached hydrogens (tertiary/aromatic N) is 4. The van der Waals surface area contributed by atoms with Crippen molar-refractivity contribution < 1.29 is 4.79 Å². The summed E-state index contributed by atoms with van der Waals surface area (Å²) in [7, 11) is 0. The molecule has 0 N–H and O–H groups in total. The first-order valence-corrected chi connectivity index (χ1v) is 10.5. The number of amides is 1. The second-order valence-electron chi connectivity index (χ2n) is 7.68. The van der Waals surface area contributed by atoms with Gasteiger partial charge in [0.05, 0.1) is 0 Å². The first-order chi connectivity index (χ1) is 14.4. The summed E-state index contributed by atoms with van der Waals surface area (Å²) in [6.07, 6.45) is 0. The van der Waals surface area contributed by atoms with Crippen molar-refractivity contribution in [1.29, 1.82) is 0 Å². The summed E-state index contributed by atoms with van der Waals surface area (Å²) in [5.41, 5.74) is 4.77. The smallest absolute Gasteiger partial charge is 0.254 e. The van der Waals surface area contributed by atoms with Gasteiger partial charge in [0, 0.05) is 53.6 Å². The number of carbonyl (C=O) groups is 1. The Morgan fingerprint density at radius 2 is 1.57 bits per heavy atom. The van der Waals surface area contributed by atoms with Crippen molar-refractivity contribution >= 4 is 23.3 Å². The van der Waals surface area contributed by atoms with Gasteiger partial charge >= 0.3 is 0 Å². The predicted molar refractivity (Wildman–Crippen MR) is 121 cm³/mol. The van der Waals surface area contributed by atoms with E-state index in [1.54, 1.807) is 0 Å². The van der Waals surface area contributed by atoms with E-state index in [4.69, 9.17) is 16.6 Å². The number of piperazine rings is 1. The first kappa shape index (κ1) is 20.4. The normalized spacial score (nSPS) is 14.1. The number of rotatable bonds is 3. The van der Waals surface area contributed by atoms with E-state index in [1.165, 1.54) is 0 Å². The molecule has 5 nitrogen and oxygen atoms in total. The molecule has 154 valence electrons. The number of hydrogen-bond acceptors (Lipinski definition) is 4. The number of carbonyl (C=O) groups excluding carboxylic acids is 1. The summed E-state index contributed by atoms with van der Waals surface area (Å²) in [5, 5.41) is 0.692. The fourth-order valence-corrected chi connectivity index (χ4v) is 3.88. The molecule has 1 aliphatic rings. The van der Waals surface area contributed by atoms with E-state index in [-0.39, 0.29) is 5.91 Å². The minimum atomic E-state index is 0.102. The number of anilines is 1. The fourth-order valence-electron chi connectivity index (χ4n) is 3.75. The Morgan fingerprint density at radius 1 is 0.900 bits per heavy atom. The molecule has 1 amide bonds. The molecule has 2 aromatic carbocycles. The van der Waals surface area contributed by atoms with E-state index in [9.17, 15) is 4.79 Å². The van der Waals surface area contributed by atoms with Gasteiger partial charge in [-0.3, -0.25) is 4.79 Å². The topological polar surface area (TPSA) is 49.3 Å². The Hall–Kier alpha value is -2.92. The van der Waals surface area contributed by atoms with Crippen LogP contribution in [0.25, 0.3) is 11.4 Å². The molecule has 3 aromatic rings. The van der Waals surface area contributed by atoms with Crippen LogP contribution in [0.5, 0.6) is 0 Å². The first-order valence-electron chi connectivity index (χ1n) is 10.1. The SMILES string of the molecule is Cc1ccccc1C(=O)N1CCN(c2nc(-c3ccc(Cl)cc3)nc(C)c2C)CC1. The van der Waals surface area contributed by atoms with Gasteiger partial charge < -0.3 is 9.80 Å². The number of hydrogen-bond donors (Lipinski definition) is 0. The molecule has 0 spiro atoms. The van der Waals surface area contributed by atoms with Crippen LogP contribution < -0.4 is 4.90 Å². The van der Waals surface area contributed by atoms with E-state index in [1.807, 2.05) is 67.3 Å². The lowest BCUT2D eigenvalue weighted by Gasteiger charge is -2.36. The lowest BCUT2D eigenvalue weighted by Crippen LogP contribution is -2.49. The van der Waals surface area contributed by atoms with Gasteiger partial charge in [0.1, 0.15) is 5.82 Å². The highest BCUT2D eigenvalue weighted by Crippen LogP contribution is 2.26. The average Bonchev–Trinajstić information content (AvgIpc) is 2.76. The fraction of sp³-hybridized carbons (Fsp3) is 0.292. The maximum absolute atomic E-state index is 12.9. The van der Waals surface area contributed by atoms with Crippen molar-refractivity contribution in [3.8, 4) is 11.4 Å². The van der Waals surface area contributed by atoms with Crippen molar-refractivity contribution in [2.45, 2.75) is 20.8 Å². The van der Waals surface area contributed by atoms with E-state index in [0.29, 0.717) is 23.9 Å². The standard InChI is InChI=1S/C24H25ClN4O/c1-16-6-4-5-7-21(16)24(30)29-14-12-28(13-15-29)23-17(2)18(3)26-22(27-23)19-8-10-20(25)11-9-19/h4-11H,12-15H2,1-3H3. The predicted octanol–water partition coefficient (Wildman–Crippen LogP) is 4.68. The van der Waals surface area contributed by atoms with Gasteiger partial charge in [-0.25, -0.2) is 9.97 Å². The summed E-state index contributed by atoms with van der Waals surface area (Å²) < 4.78 is 0. The summed E-state index contributed by atoms with van der Waals surface area (Å²) in [6.45, 7) is 8.88. The van der Waals surface area contributed by atoms with Crippen LogP contribution in [0.15, 0.2) is 48.5 Å². The third-order valence-electron chi connectivity index (χ3n) is 5.71. The molecule has 30 heavy (non-hydrogen) atoms. The molecule has 4 rings (SSSR count). The second-order valence-corrected chi connectivity index (χ2v) is 8.12. The molecule has 0 unspecified atom stereocenters. The Bertz CT molecular complexity index is 1070. The highest BCUT2D eigenvalue weighted by molar-refractivity contribution is 6.30. The molecule has 0 radical (unpaired) electrons. The molecular weight excluding hydrogens is 396 g/mol. The van der Waals surface area contributed by atoms with Crippen molar-refractivity contribution in [1.82, 2.24) is 14.9 Å². The average molecular weight is 421 g/mol. The maximum atomic E-state index is 12.9. The molecule has 0 bridgehead atoms. The number of halogens is 1. The van der Waals surface area contributed by atoms with Crippen LogP contribution in [0, 0.1) is 20.8 Å². The summed E-state index contributed by atoms with van der Waals surface area (Å²) >= 11 is 6.02. The zero-order chi connectivity index (χ0) is 21.3. The van der Waals surface area contributed by atoms with Crippen LogP contribution >= 0.6 is 11.6 Å². The minimum Gasteiger partial charge on any atom is -0.353 e. The third kappa shape index (κ3) is 4.03. The monoisotopic (exact) mass is 420 g/mol. The summed E-state index contributed by atoms with van der Waals surface area (Å²) in [6, 6.07) is 15.3. The van der Waals surface area contributed by atoms with E-state index in [0.717, 1.165) is 46.9 Å². The van der Waals surface area contributed by atoms with Gasteiger partial charge in [-0.15, -0.1) is 0 Å². The second kappa shape index (κ2) is 8.44. The lowest BCUT2D eigenvalue weighted by atomic mass is 10.1. The van der Waals surface area contributed by atoms with Crippen LogP contribution in [0.3, 0.4) is 0 Å². The molecule has 0 saturated carbocycles. The van der Waals surface area contributed by atoms with E-state index in [2.05, 4.69) is 16.8 Å². The molecule has 0 aliphatic carbocycles. The van der Waals surface area contributed by atoms with Gasteiger partial charge in [0.2, 0.25) is 0 Å².